The average molecular weight is 199 g/mol. The number of rotatable bonds is 1. The highest BCUT2D eigenvalue weighted by Gasteiger charge is 1.99. The van der Waals surface area contributed by atoms with Crippen LogP contribution in [0.4, 0.5) is 10.5 Å². The molecule has 0 saturated carbocycles. The molecule has 0 heterocycles. The first-order chi connectivity index (χ1) is 6.11. The lowest BCUT2D eigenvalue weighted by molar-refractivity contribution is 0.254. The van der Waals surface area contributed by atoms with Gasteiger partial charge in [0, 0.05) is 17.8 Å². The number of nitrogens with one attached hydrogen (secondary N) is 2. The second kappa shape index (κ2) is 4.14. The summed E-state index contributed by atoms with van der Waals surface area (Å²) in [4.78, 5) is 10.9. The molecular weight excluding hydrogens is 188 g/mol. The highest BCUT2D eigenvalue weighted by molar-refractivity contribution is 6.31. The van der Waals surface area contributed by atoms with Gasteiger partial charge in [0.1, 0.15) is 0 Å². The van der Waals surface area contributed by atoms with E-state index in [4.69, 9.17) is 11.6 Å². The number of urea groups is 1. The molecule has 0 fully saturated rings. The summed E-state index contributed by atoms with van der Waals surface area (Å²) in [5.41, 5.74) is 1.71. The molecule has 70 valence electrons. The predicted molar refractivity (Wildman–Crippen MR) is 54.3 cm³/mol. The molecule has 0 aliphatic carbocycles. The van der Waals surface area contributed by atoms with Crippen molar-refractivity contribution in [3.05, 3.63) is 28.8 Å². The van der Waals surface area contributed by atoms with Crippen LogP contribution < -0.4 is 10.6 Å². The van der Waals surface area contributed by atoms with Gasteiger partial charge in [0.15, 0.2) is 0 Å². The Labute approximate surface area is 82.1 Å². The number of anilines is 1. The first-order valence-electron chi connectivity index (χ1n) is 3.88. The summed E-state index contributed by atoms with van der Waals surface area (Å²) in [5.74, 6) is 0. The minimum atomic E-state index is -0.248. The molecule has 13 heavy (non-hydrogen) atoms. The van der Waals surface area contributed by atoms with Crippen LogP contribution in [0.1, 0.15) is 5.56 Å². The molecule has 1 aromatic carbocycles. The first-order valence-corrected chi connectivity index (χ1v) is 4.25. The van der Waals surface area contributed by atoms with Gasteiger partial charge in [-0.25, -0.2) is 4.79 Å². The fourth-order valence-corrected chi connectivity index (χ4v) is 1.29. The van der Waals surface area contributed by atoms with Gasteiger partial charge >= 0.3 is 6.03 Å². The lowest BCUT2D eigenvalue weighted by Gasteiger charge is -2.05. The van der Waals surface area contributed by atoms with Crippen LogP contribution >= 0.6 is 11.6 Å². The molecular formula is C9H11ClN2O. The van der Waals surface area contributed by atoms with Crippen LogP contribution in [-0.4, -0.2) is 13.1 Å². The molecule has 0 aliphatic rings. The number of hydrogen-bond acceptors (Lipinski definition) is 1. The van der Waals surface area contributed by atoms with Gasteiger partial charge in [-0.2, -0.15) is 0 Å². The fourth-order valence-electron chi connectivity index (χ4n) is 1.00. The Morgan fingerprint density at radius 1 is 1.38 bits per heavy atom. The third-order valence-electron chi connectivity index (χ3n) is 1.53. The molecule has 1 rings (SSSR count). The van der Waals surface area contributed by atoms with Crippen LogP contribution in [-0.2, 0) is 0 Å². The molecule has 0 unspecified atom stereocenters. The van der Waals surface area contributed by atoms with E-state index in [2.05, 4.69) is 10.6 Å². The normalized spacial score (nSPS) is 9.46. The summed E-state index contributed by atoms with van der Waals surface area (Å²) in [6, 6.07) is 5.13. The van der Waals surface area contributed by atoms with Crippen LogP contribution in [0.2, 0.25) is 5.02 Å². The van der Waals surface area contributed by atoms with Crippen molar-refractivity contribution in [2.75, 3.05) is 12.4 Å². The molecule has 3 nitrogen and oxygen atoms in total. The molecule has 0 aliphatic heterocycles. The van der Waals surface area contributed by atoms with Gasteiger partial charge in [0.25, 0.3) is 0 Å². The monoisotopic (exact) mass is 198 g/mol. The third-order valence-corrected chi connectivity index (χ3v) is 1.75. The van der Waals surface area contributed by atoms with E-state index in [1.165, 1.54) is 0 Å². The molecule has 0 saturated heterocycles. The summed E-state index contributed by atoms with van der Waals surface area (Å²) in [6.07, 6.45) is 0. The van der Waals surface area contributed by atoms with Crippen LogP contribution in [0.5, 0.6) is 0 Å². The molecule has 0 aromatic heterocycles. The summed E-state index contributed by atoms with van der Waals surface area (Å²) in [6.45, 7) is 1.92. The molecule has 0 atom stereocenters. The van der Waals surface area contributed by atoms with Crippen molar-refractivity contribution in [1.82, 2.24) is 5.32 Å². The average Bonchev–Trinajstić information content (AvgIpc) is 2.02. The number of halogens is 1. The van der Waals surface area contributed by atoms with E-state index in [0.717, 1.165) is 5.56 Å². The number of aryl methyl sites for hydroxylation is 1. The van der Waals surface area contributed by atoms with Gasteiger partial charge < -0.3 is 10.6 Å². The summed E-state index contributed by atoms with van der Waals surface area (Å²) >= 11 is 5.81. The smallest absolute Gasteiger partial charge is 0.318 e. The van der Waals surface area contributed by atoms with Crippen molar-refractivity contribution < 1.29 is 4.79 Å². The van der Waals surface area contributed by atoms with Crippen LogP contribution in [0.3, 0.4) is 0 Å². The van der Waals surface area contributed by atoms with E-state index in [0.29, 0.717) is 10.7 Å². The van der Waals surface area contributed by atoms with Gasteiger partial charge in [0.2, 0.25) is 0 Å². The largest absolute Gasteiger partial charge is 0.341 e. The maximum absolute atomic E-state index is 10.9. The van der Waals surface area contributed by atoms with Gasteiger partial charge in [-0.05, 0) is 30.7 Å². The lowest BCUT2D eigenvalue weighted by Crippen LogP contribution is -2.24. The zero-order valence-electron chi connectivity index (χ0n) is 7.52. The topological polar surface area (TPSA) is 41.1 Å². The quantitative estimate of drug-likeness (QED) is 0.715. The van der Waals surface area contributed by atoms with Gasteiger partial charge in [-0.3, -0.25) is 0 Å². The van der Waals surface area contributed by atoms with Crippen molar-refractivity contribution in [2.45, 2.75) is 6.92 Å². The standard InChI is InChI=1S/C9H11ClN2O/c1-6-3-7(10)5-8(4-6)12-9(13)11-2/h3-5H,1-2H3,(H2,11,12,13). The van der Waals surface area contributed by atoms with Crippen molar-refractivity contribution in [1.29, 1.82) is 0 Å². The first kappa shape index (κ1) is 9.86. The van der Waals surface area contributed by atoms with E-state index >= 15 is 0 Å². The fraction of sp³-hybridized carbons (Fsp3) is 0.222. The number of carbonyl (C=O) groups is 1. The second-order valence-electron chi connectivity index (χ2n) is 2.72. The maximum atomic E-state index is 10.9. The highest BCUT2D eigenvalue weighted by atomic mass is 35.5. The SMILES string of the molecule is CNC(=O)Nc1cc(C)cc(Cl)c1. The zero-order chi connectivity index (χ0) is 9.84. The highest BCUT2D eigenvalue weighted by Crippen LogP contribution is 2.18. The lowest BCUT2D eigenvalue weighted by atomic mass is 10.2. The Balaban J connectivity index is 2.83. The molecule has 2 N–H and O–H groups in total. The van der Waals surface area contributed by atoms with E-state index in [9.17, 15) is 4.79 Å². The Hall–Kier alpha value is -1.22. The minimum absolute atomic E-state index is 0.248. The van der Waals surface area contributed by atoms with E-state index in [1.54, 1.807) is 13.1 Å². The predicted octanol–water partition coefficient (Wildman–Crippen LogP) is 2.40. The Bertz CT molecular complexity index is 305. The van der Waals surface area contributed by atoms with Crippen molar-refractivity contribution >= 4 is 23.3 Å². The van der Waals surface area contributed by atoms with Gasteiger partial charge in [-0.1, -0.05) is 11.6 Å². The second-order valence-corrected chi connectivity index (χ2v) is 3.16. The molecule has 0 spiro atoms. The Morgan fingerprint density at radius 2 is 2.08 bits per heavy atom. The van der Waals surface area contributed by atoms with Crippen LogP contribution in [0, 0.1) is 6.92 Å². The maximum Gasteiger partial charge on any atom is 0.318 e. The Kier molecular flexibility index (Phi) is 3.14. The van der Waals surface area contributed by atoms with Crippen molar-refractivity contribution in [2.24, 2.45) is 0 Å². The minimum Gasteiger partial charge on any atom is -0.341 e. The summed E-state index contributed by atoms with van der Waals surface area (Å²) in [7, 11) is 1.56. The van der Waals surface area contributed by atoms with E-state index < -0.39 is 0 Å². The number of benzene rings is 1. The van der Waals surface area contributed by atoms with Gasteiger partial charge in [0.05, 0.1) is 0 Å². The zero-order valence-corrected chi connectivity index (χ0v) is 8.27. The molecule has 2 amide bonds. The van der Waals surface area contributed by atoms with Crippen LogP contribution in [0.25, 0.3) is 0 Å². The molecule has 0 radical (unpaired) electrons. The Morgan fingerprint density at radius 3 is 2.62 bits per heavy atom. The van der Waals surface area contributed by atoms with Crippen LogP contribution in [0.15, 0.2) is 18.2 Å². The van der Waals surface area contributed by atoms with Crippen molar-refractivity contribution in [3.8, 4) is 0 Å². The van der Waals surface area contributed by atoms with Gasteiger partial charge in [-0.15, -0.1) is 0 Å². The van der Waals surface area contributed by atoms with Crippen molar-refractivity contribution in [3.63, 3.8) is 0 Å². The number of amides is 2. The van der Waals surface area contributed by atoms with E-state index in [1.807, 2.05) is 19.1 Å². The number of hydrogen-bond donors (Lipinski definition) is 2. The third kappa shape index (κ3) is 2.95. The summed E-state index contributed by atoms with van der Waals surface area (Å²) < 4.78 is 0. The summed E-state index contributed by atoms with van der Waals surface area (Å²) in [5, 5.41) is 5.72. The number of carbonyl (C=O) groups excluding carboxylic acids is 1. The molecule has 0 bridgehead atoms. The molecule has 1 aromatic rings. The molecule has 4 heteroatoms. The van der Waals surface area contributed by atoms with E-state index in [-0.39, 0.29) is 6.03 Å².